The monoisotopic (exact) mass is 267 g/mol. The molecule has 2 heterocycles. The van der Waals surface area contributed by atoms with Gasteiger partial charge in [-0.3, -0.25) is 9.78 Å². The number of nitrogens with one attached hydrogen (secondary N) is 2. The standard InChI is InChI=1S/C11H17N5OS/c1-11(3-2-4-18-11)7-14-10(17)8-5-13-6-9(15-8)16-12/h5-6H,2-4,7,12H2,1H3,(H,14,17)(H,15,16). The van der Waals surface area contributed by atoms with Gasteiger partial charge in [0.2, 0.25) is 0 Å². The average Bonchev–Trinajstić information content (AvgIpc) is 2.83. The Morgan fingerprint density at radius 3 is 3.11 bits per heavy atom. The van der Waals surface area contributed by atoms with Crippen molar-refractivity contribution < 1.29 is 4.79 Å². The Morgan fingerprint density at radius 2 is 2.44 bits per heavy atom. The molecule has 1 atom stereocenters. The molecule has 98 valence electrons. The minimum Gasteiger partial charge on any atom is -0.349 e. The van der Waals surface area contributed by atoms with Gasteiger partial charge in [0.1, 0.15) is 5.69 Å². The second-order valence-corrected chi connectivity index (χ2v) is 6.20. The fourth-order valence-corrected chi connectivity index (χ4v) is 3.12. The highest BCUT2D eigenvalue weighted by Gasteiger charge is 2.29. The molecule has 1 fully saturated rings. The Balaban J connectivity index is 1.94. The number of aromatic nitrogens is 2. The molecule has 1 unspecified atom stereocenters. The average molecular weight is 267 g/mol. The van der Waals surface area contributed by atoms with E-state index >= 15 is 0 Å². The van der Waals surface area contributed by atoms with Gasteiger partial charge >= 0.3 is 0 Å². The van der Waals surface area contributed by atoms with Crippen molar-refractivity contribution in [1.29, 1.82) is 0 Å². The number of hydrogen-bond acceptors (Lipinski definition) is 6. The van der Waals surface area contributed by atoms with Crippen LogP contribution in [-0.4, -0.2) is 32.9 Å². The van der Waals surface area contributed by atoms with Crippen LogP contribution in [0.2, 0.25) is 0 Å². The molecule has 0 saturated carbocycles. The van der Waals surface area contributed by atoms with Crippen LogP contribution < -0.4 is 16.6 Å². The van der Waals surface area contributed by atoms with Gasteiger partial charge in [-0.15, -0.1) is 0 Å². The van der Waals surface area contributed by atoms with Gasteiger partial charge < -0.3 is 10.7 Å². The summed E-state index contributed by atoms with van der Waals surface area (Å²) in [6.45, 7) is 2.83. The molecule has 1 aliphatic rings. The first-order valence-corrected chi connectivity index (χ1v) is 6.82. The quantitative estimate of drug-likeness (QED) is 0.551. The highest BCUT2D eigenvalue weighted by Crippen LogP contribution is 2.36. The van der Waals surface area contributed by atoms with Gasteiger partial charge in [-0.1, -0.05) is 0 Å². The molecule has 6 nitrogen and oxygen atoms in total. The summed E-state index contributed by atoms with van der Waals surface area (Å²) in [7, 11) is 0. The van der Waals surface area contributed by atoms with Crippen molar-refractivity contribution in [3.8, 4) is 0 Å². The molecule has 1 amide bonds. The third kappa shape index (κ3) is 3.11. The van der Waals surface area contributed by atoms with Gasteiger partial charge in [-0.25, -0.2) is 10.8 Å². The minimum atomic E-state index is -0.215. The molecule has 2 rings (SSSR count). The predicted molar refractivity (Wildman–Crippen MR) is 72.3 cm³/mol. The lowest BCUT2D eigenvalue weighted by molar-refractivity contribution is 0.0944. The van der Waals surface area contributed by atoms with E-state index in [0.717, 1.165) is 6.42 Å². The van der Waals surface area contributed by atoms with Gasteiger partial charge in [-0.05, 0) is 25.5 Å². The van der Waals surface area contributed by atoms with Crippen LogP contribution in [0.3, 0.4) is 0 Å². The maximum absolute atomic E-state index is 11.9. The van der Waals surface area contributed by atoms with Crippen molar-refractivity contribution in [2.45, 2.75) is 24.5 Å². The van der Waals surface area contributed by atoms with Crippen LogP contribution >= 0.6 is 11.8 Å². The Labute approximate surface area is 110 Å². The third-order valence-corrected chi connectivity index (χ3v) is 4.48. The normalized spacial score (nSPS) is 22.8. The van der Waals surface area contributed by atoms with E-state index in [-0.39, 0.29) is 16.3 Å². The number of carbonyl (C=O) groups is 1. The highest BCUT2D eigenvalue weighted by atomic mass is 32.2. The number of hydrogen-bond donors (Lipinski definition) is 3. The van der Waals surface area contributed by atoms with E-state index in [0.29, 0.717) is 12.4 Å². The Morgan fingerprint density at radius 1 is 1.61 bits per heavy atom. The molecule has 7 heteroatoms. The van der Waals surface area contributed by atoms with E-state index in [9.17, 15) is 4.79 Å². The Bertz CT molecular complexity index is 433. The van der Waals surface area contributed by atoms with Crippen LogP contribution in [0.15, 0.2) is 12.4 Å². The zero-order chi connectivity index (χ0) is 13.0. The summed E-state index contributed by atoms with van der Waals surface area (Å²) in [5.74, 6) is 6.56. The maximum Gasteiger partial charge on any atom is 0.271 e. The van der Waals surface area contributed by atoms with E-state index in [1.807, 2.05) is 11.8 Å². The first-order valence-electron chi connectivity index (χ1n) is 5.84. The van der Waals surface area contributed by atoms with Gasteiger partial charge in [-0.2, -0.15) is 11.8 Å². The van der Waals surface area contributed by atoms with Crippen LogP contribution in [0.1, 0.15) is 30.3 Å². The molecule has 0 aliphatic carbocycles. The lowest BCUT2D eigenvalue weighted by Crippen LogP contribution is -2.37. The van der Waals surface area contributed by atoms with Crippen LogP contribution in [0, 0.1) is 0 Å². The number of nitrogen functional groups attached to an aromatic ring is 1. The molecule has 0 bridgehead atoms. The molecule has 1 aromatic heterocycles. The van der Waals surface area contributed by atoms with Crippen LogP contribution in [-0.2, 0) is 0 Å². The lowest BCUT2D eigenvalue weighted by atomic mass is 10.1. The summed E-state index contributed by atoms with van der Waals surface area (Å²) in [6.07, 6.45) is 5.24. The fraction of sp³-hybridized carbons (Fsp3) is 0.545. The summed E-state index contributed by atoms with van der Waals surface area (Å²) in [5, 5.41) is 2.90. The Kier molecular flexibility index (Phi) is 4.03. The van der Waals surface area contributed by atoms with Gasteiger partial charge in [0.15, 0.2) is 5.82 Å². The van der Waals surface area contributed by atoms with Crippen molar-refractivity contribution in [3.63, 3.8) is 0 Å². The maximum atomic E-state index is 11.9. The van der Waals surface area contributed by atoms with E-state index in [4.69, 9.17) is 5.84 Å². The van der Waals surface area contributed by atoms with Crippen molar-refractivity contribution in [2.75, 3.05) is 17.7 Å². The number of rotatable bonds is 4. The summed E-state index contributed by atoms with van der Waals surface area (Å²) in [6, 6.07) is 0. The Hall–Kier alpha value is -1.34. The van der Waals surface area contributed by atoms with Crippen LogP contribution in [0.5, 0.6) is 0 Å². The number of nitrogens with zero attached hydrogens (tertiary/aromatic N) is 2. The van der Waals surface area contributed by atoms with E-state index < -0.39 is 0 Å². The highest BCUT2D eigenvalue weighted by molar-refractivity contribution is 8.00. The van der Waals surface area contributed by atoms with Gasteiger partial charge in [0.05, 0.1) is 12.4 Å². The van der Waals surface area contributed by atoms with Gasteiger partial charge in [0.25, 0.3) is 5.91 Å². The second kappa shape index (κ2) is 5.53. The molecule has 1 aromatic rings. The zero-order valence-electron chi connectivity index (χ0n) is 10.3. The van der Waals surface area contributed by atoms with Crippen molar-refractivity contribution in [2.24, 2.45) is 5.84 Å². The fourth-order valence-electron chi connectivity index (χ4n) is 1.88. The van der Waals surface area contributed by atoms with Crippen molar-refractivity contribution in [3.05, 3.63) is 18.1 Å². The molecule has 18 heavy (non-hydrogen) atoms. The van der Waals surface area contributed by atoms with Crippen molar-refractivity contribution in [1.82, 2.24) is 15.3 Å². The number of thioether (sulfide) groups is 1. The topological polar surface area (TPSA) is 92.9 Å². The first-order chi connectivity index (χ1) is 8.63. The number of carbonyl (C=O) groups excluding carboxylic acids is 1. The molecule has 4 N–H and O–H groups in total. The summed E-state index contributed by atoms with van der Waals surface area (Å²) in [4.78, 5) is 19.9. The van der Waals surface area contributed by atoms with Crippen LogP contribution in [0.4, 0.5) is 5.82 Å². The zero-order valence-corrected chi connectivity index (χ0v) is 11.1. The molecular weight excluding hydrogens is 250 g/mol. The SMILES string of the molecule is CC1(CNC(=O)c2cncc(NN)n2)CCCS1. The van der Waals surface area contributed by atoms with Crippen LogP contribution in [0.25, 0.3) is 0 Å². The van der Waals surface area contributed by atoms with Gasteiger partial charge in [0, 0.05) is 11.3 Å². The molecule has 0 aromatic carbocycles. The van der Waals surface area contributed by atoms with E-state index in [1.54, 1.807) is 0 Å². The molecular formula is C11H17N5OS. The summed E-state index contributed by atoms with van der Waals surface area (Å²) < 4.78 is 0.146. The predicted octanol–water partition coefficient (Wildman–Crippen LogP) is 0.778. The molecule has 0 spiro atoms. The second-order valence-electron chi connectivity index (χ2n) is 4.52. The lowest BCUT2D eigenvalue weighted by Gasteiger charge is -2.22. The molecule has 1 saturated heterocycles. The number of hydrazine groups is 1. The number of anilines is 1. The summed E-state index contributed by atoms with van der Waals surface area (Å²) in [5.41, 5.74) is 2.64. The molecule has 0 radical (unpaired) electrons. The first kappa shape index (κ1) is 13.1. The minimum absolute atomic E-state index is 0.146. The molecule has 1 aliphatic heterocycles. The van der Waals surface area contributed by atoms with E-state index in [2.05, 4.69) is 27.6 Å². The smallest absolute Gasteiger partial charge is 0.271 e. The third-order valence-electron chi connectivity index (χ3n) is 2.94. The van der Waals surface area contributed by atoms with Crippen molar-refractivity contribution >= 4 is 23.5 Å². The number of amides is 1. The van der Waals surface area contributed by atoms with E-state index in [1.165, 1.54) is 24.6 Å². The largest absolute Gasteiger partial charge is 0.349 e. The number of nitrogens with two attached hydrogens (primary N) is 1. The summed E-state index contributed by atoms with van der Waals surface area (Å²) >= 11 is 1.91.